The number of hydrogen-bond acceptors (Lipinski definition) is 7. The van der Waals surface area contributed by atoms with Crippen LogP contribution in [0.3, 0.4) is 0 Å². The fourth-order valence-corrected chi connectivity index (χ4v) is 3.38. The van der Waals surface area contributed by atoms with Crippen LogP contribution in [0, 0.1) is 0 Å². The second-order valence-electron chi connectivity index (χ2n) is 7.46. The van der Waals surface area contributed by atoms with E-state index >= 15 is 4.39 Å². The maximum Gasteiger partial charge on any atom is 0.340 e. The standard InChI is InChI=1S/C26H21FO7/c27-21-22(33-24(29)18-12-6-2-7-13-18)20(16-31-23(28)17-10-4-1-5-11-17)32-26(21)34-25(30)19-14-8-3-9-15-19/h1-15,20-22,26H,16H2/t20-,21+,22+,26+/m0/s1. The molecule has 3 aromatic rings. The third-order valence-corrected chi connectivity index (χ3v) is 5.12. The SMILES string of the molecule is O=C(OC[C@@H]1O[C@H](OC(=O)c2ccccc2)[C@H](F)[C@@H]1OC(=O)c1ccccc1)c1ccccc1. The van der Waals surface area contributed by atoms with Crippen LogP contribution in [-0.2, 0) is 18.9 Å². The Morgan fingerprint density at radius 2 is 1.12 bits per heavy atom. The first-order chi connectivity index (χ1) is 16.5. The Hall–Kier alpha value is -4.04. The topological polar surface area (TPSA) is 88.1 Å². The first kappa shape index (κ1) is 23.1. The Balaban J connectivity index is 1.47. The van der Waals surface area contributed by atoms with E-state index in [4.69, 9.17) is 18.9 Å². The third kappa shape index (κ3) is 5.47. The molecule has 0 bridgehead atoms. The zero-order valence-corrected chi connectivity index (χ0v) is 17.9. The van der Waals surface area contributed by atoms with Crippen molar-refractivity contribution in [3.63, 3.8) is 0 Å². The molecule has 34 heavy (non-hydrogen) atoms. The lowest BCUT2D eigenvalue weighted by atomic mass is 10.1. The first-order valence-electron chi connectivity index (χ1n) is 10.6. The van der Waals surface area contributed by atoms with Crippen molar-refractivity contribution in [1.29, 1.82) is 0 Å². The Morgan fingerprint density at radius 1 is 0.676 bits per heavy atom. The van der Waals surface area contributed by atoms with Gasteiger partial charge >= 0.3 is 17.9 Å². The van der Waals surface area contributed by atoms with Crippen molar-refractivity contribution in [3.8, 4) is 0 Å². The maximum absolute atomic E-state index is 15.3. The predicted octanol–water partition coefficient (Wildman–Crippen LogP) is 3.99. The number of carbonyl (C=O) groups is 3. The molecule has 174 valence electrons. The maximum atomic E-state index is 15.3. The molecule has 8 heteroatoms. The highest BCUT2D eigenvalue weighted by Gasteiger charge is 2.50. The molecule has 0 aliphatic carbocycles. The van der Waals surface area contributed by atoms with Gasteiger partial charge in [0, 0.05) is 0 Å². The van der Waals surface area contributed by atoms with Gasteiger partial charge in [-0.1, -0.05) is 54.6 Å². The summed E-state index contributed by atoms with van der Waals surface area (Å²) in [6.07, 6.45) is -6.31. The highest BCUT2D eigenvalue weighted by molar-refractivity contribution is 5.90. The molecule has 1 heterocycles. The molecule has 3 aromatic carbocycles. The van der Waals surface area contributed by atoms with Gasteiger partial charge in [-0.25, -0.2) is 18.8 Å². The number of ether oxygens (including phenoxy) is 4. The smallest absolute Gasteiger partial charge is 0.340 e. The highest BCUT2D eigenvalue weighted by Crippen LogP contribution is 2.29. The van der Waals surface area contributed by atoms with Crippen LogP contribution in [0.4, 0.5) is 4.39 Å². The molecule has 0 saturated carbocycles. The Labute approximate surface area is 195 Å². The van der Waals surface area contributed by atoms with Gasteiger partial charge in [0.05, 0.1) is 16.7 Å². The minimum absolute atomic E-state index is 0.204. The van der Waals surface area contributed by atoms with Crippen molar-refractivity contribution >= 4 is 17.9 Å². The van der Waals surface area contributed by atoms with Crippen LogP contribution in [0.25, 0.3) is 0 Å². The fraction of sp³-hybridized carbons (Fsp3) is 0.192. The molecule has 0 amide bonds. The van der Waals surface area contributed by atoms with E-state index in [1.54, 1.807) is 66.7 Å². The fourth-order valence-electron chi connectivity index (χ4n) is 3.38. The van der Waals surface area contributed by atoms with Gasteiger partial charge in [0.2, 0.25) is 12.5 Å². The van der Waals surface area contributed by atoms with Crippen LogP contribution >= 0.6 is 0 Å². The van der Waals surface area contributed by atoms with Crippen LogP contribution in [0.1, 0.15) is 31.1 Å². The lowest BCUT2D eigenvalue weighted by Gasteiger charge is -2.19. The average Bonchev–Trinajstić information content (AvgIpc) is 3.17. The minimum Gasteiger partial charge on any atom is -0.459 e. The summed E-state index contributed by atoms with van der Waals surface area (Å²) < 4.78 is 36.6. The van der Waals surface area contributed by atoms with E-state index in [-0.39, 0.29) is 11.1 Å². The zero-order valence-electron chi connectivity index (χ0n) is 17.9. The van der Waals surface area contributed by atoms with Gasteiger partial charge in [-0.2, -0.15) is 0 Å². The van der Waals surface area contributed by atoms with Crippen molar-refractivity contribution in [1.82, 2.24) is 0 Å². The van der Waals surface area contributed by atoms with Gasteiger partial charge < -0.3 is 18.9 Å². The molecule has 1 fully saturated rings. The second kappa shape index (κ2) is 10.7. The molecule has 0 N–H and O–H groups in total. The summed E-state index contributed by atoms with van der Waals surface area (Å²) in [7, 11) is 0. The van der Waals surface area contributed by atoms with Crippen molar-refractivity contribution in [2.24, 2.45) is 0 Å². The Morgan fingerprint density at radius 3 is 1.62 bits per heavy atom. The van der Waals surface area contributed by atoms with Gasteiger partial charge in [-0.15, -0.1) is 0 Å². The molecule has 1 saturated heterocycles. The van der Waals surface area contributed by atoms with E-state index < -0.39 is 49.2 Å². The zero-order chi connectivity index (χ0) is 23.9. The lowest BCUT2D eigenvalue weighted by Crippen LogP contribution is -2.37. The lowest BCUT2D eigenvalue weighted by molar-refractivity contribution is -0.129. The predicted molar refractivity (Wildman–Crippen MR) is 118 cm³/mol. The molecule has 0 aromatic heterocycles. The van der Waals surface area contributed by atoms with Crippen molar-refractivity contribution in [2.75, 3.05) is 6.61 Å². The highest BCUT2D eigenvalue weighted by atomic mass is 19.1. The van der Waals surface area contributed by atoms with E-state index in [2.05, 4.69) is 0 Å². The van der Waals surface area contributed by atoms with Crippen LogP contribution in [0.2, 0.25) is 0 Å². The number of esters is 3. The summed E-state index contributed by atoms with van der Waals surface area (Å²) in [6.45, 7) is -0.416. The summed E-state index contributed by atoms with van der Waals surface area (Å²) in [5, 5.41) is 0. The van der Waals surface area contributed by atoms with Crippen molar-refractivity contribution in [2.45, 2.75) is 24.7 Å². The molecule has 1 aliphatic rings. The summed E-state index contributed by atoms with van der Waals surface area (Å²) in [4.78, 5) is 37.2. The van der Waals surface area contributed by atoms with Crippen molar-refractivity contribution < 1.29 is 37.7 Å². The average molecular weight is 464 g/mol. The van der Waals surface area contributed by atoms with Gasteiger partial charge in [0.25, 0.3) is 0 Å². The van der Waals surface area contributed by atoms with E-state index in [0.717, 1.165) is 0 Å². The van der Waals surface area contributed by atoms with E-state index in [1.807, 2.05) is 0 Å². The van der Waals surface area contributed by atoms with E-state index in [0.29, 0.717) is 5.56 Å². The molecule has 0 unspecified atom stereocenters. The molecule has 4 rings (SSSR count). The monoisotopic (exact) mass is 464 g/mol. The first-order valence-corrected chi connectivity index (χ1v) is 10.6. The number of rotatable bonds is 7. The largest absolute Gasteiger partial charge is 0.459 e. The normalized spacial score (nSPS) is 21.4. The number of carbonyl (C=O) groups excluding carboxylic acids is 3. The second-order valence-corrected chi connectivity index (χ2v) is 7.46. The number of alkyl halides is 1. The van der Waals surface area contributed by atoms with Crippen molar-refractivity contribution in [3.05, 3.63) is 108 Å². The Kier molecular flexibility index (Phi) is 7.29. The van der Waals surface area contributed by atoms with E-state index in [9.17, 15) is 14.4 Å². The molecule has 0 spiro atoms. The van der Waals surface area contributed by atoms with Crippen LogP contribution in [0.5, 0.6) is 0 Å². The number of halogens is 1. The molecule has 1 aliphatic heterocycles. The van der Waals surface area contributed by atoms with Crippen LogP contribution in [-0.4, -0.2) is 49.2 Å². The quantitative estimate of drug-likeness (QED) is 0.386. The summed E-state index contributed by atoms with van der Waals surface area (Å²) in [5.41, 5.74) is 0.705. The van der Waals surface area contributed by atoms with Crippen LogP contribution in [0.15, 0.2) is 91.0 Å². The molecule has 0 radical (unpaired) electrons. The third-order valence-electron chi connectivity index (χ3n) is 5.12. The molecule has 4 atom stereocenters. The minimum atomic E-state index is -2.00. The van der Waals surface area contributed by atoms with Gasteiger partial charge in [-0.05, 0) is 36.4 Å². The molecule has 7 nitrogen and oxygen atoms in total. The summed E-state index contributed by atoms with van der Waals surface area (Å²) in [6, 6.07) is 24.2. The van der Waals surface area contributed by atoms with Gasteiger partial charge in [0.1, 0.15) is 12.7 Å². The van der Waals surface area contributed by atoms with Gasteiger partial charge in [-0.3, -0.25) is 0 Å². The summed E-state index contributed by atoms with van der Waals surface area (Å²) >= 11 is 0. The van der Waals surface area contributed by atoms with Gasteiger partial charge in [0.15, 0.2) is 6.10 Å². The van der Waals surface area contributed by atoms with E-state index in [1.165, 1.54) is 24.3 Å². The molecular weight excluding hydrogens is 443 g/mol. The molecular formula is C26H21FO7. The summed E-state index contributed by atoms with van der Waals surface area (Å²) in [5.74, 6) is -2.24. The number of benzene rings is 3. The van der Waals surface area contributed by atoms with Crippen LogP contribution < -0.4 is 0 Å². The number of hydrogen-bond donors (Lipinski definition) is 0. The Bertz CT molecular complexity index is 1120.